The highest BCUT2D eigenvalue weighted by Crippen LogP contribution is 2.39. The van der Waals surface area contributed by atoms with Gasteiger partial charge < -0.3 is 9.64 Å². The van der Waals surface area contributed by atoms with Gasteiger partial charge in [-0.1, -0.05) is 60.2 Å². The Balaban J connectivity index is 1.65. The molecular weight excluding hydrogens is 424 g/mol. The second-order valence-corrected chi connectivity index (χ2v) is 8.93. The van der Waals surface area contributed by atoms with Gasteiger partial charge in [0.2, 0.25) is 0 Å². The Morgan fingerprint density at radius 1 is 0.912 bits per heavy atom. The van der Waals surface area contributed by atoms with Crippen LogP contribution in [0.25, 0.3) is 5.57 Å². The van der Waals surface area contributed by atoms with Gasteiger partial charge in [-0.2, -0.15) is 0 Å². The van der Waals surface area contributed by atoms with Crippen LogP contribution in [0.4, 0.5) is 5.69 Å². The number of fused-ring (bicyclic) bond motifs is 1. The van der Waals surface area contributed by atoms with Gasteiger partial charge in [-0.25, -0.2) is 0 Å². The summed E-state index contributed by atoms with van der Waals surface area (Å²) in [6.07, 6.45) is 1.89. The minimum Gasteiger partial charge on any atom is -0.496 e. The molecule has 5 heteroatoms. The molecule has 0 bridgehead atoms. The number of carbonyl (C=O) groups is 2. The standard InChI is InChI=1S/C29H28N2O3/c1-19-14-15-23(20(2)17-19)26-27(30-16-8-11-21-9-4-6-12-24(21)30)29(33)31(28(26)32)18-22-10-5-7-13-25(22)34-3/h4-7,9-10,12-15,17H,8,11,16,18H2,1-3H3. The van der Waals surface area contributed by atoms with E-state index in [1.807, 2.05) is 68.4 Å². The number of carbonyl (C=O) groups excluding carboxylic acids is 2. The van der Waals surface area contributed by atoms with Crippen molar-refractivity contribution < 1.29 is 14.3 Å². The van der Waals surface area contributed by atoms with Crippen LogP contribution in [0.1, 0.15) is 34.2 Å². The molecule has 0 saturated carbocycles. The molecular formula is C29H28N2O3. The fourth-order valence-corrected chi connectivity index (χ4v) is 5.06. The van der Waals surface area contributed by atoms with E-state index in [2.05, 4.69) is 17.0 Å². The zero-order chi connectivity index (χ0) is 23.8. The summed E-state index contributed by atoms with van der Waals surface area (Å²) < 4.78 is 5.49. The van der Waals surface area contributed by atoms with E-state index in [0.717, 1.165) is 40.8 Å². The number of benzene rings is 3. The number of ether oxygens (including phenoxy) is 1. The van der Waals surface area contributed by atoms with Gasteiger partial charge in [0.25, 0.3) is 11.8 Å². The van der Waals surface area contributed by atoms with E-state index >= 15 is 0 Å². The molecule has 0 fully saturated rings. The van der Waals surface area contributed by atoms with E-state index in [9.17, 15) is 9.59 Å². The summed E-state index contributed by atoms with van der Waals surface area (Å²) in [5.41, 5.74) is 6.87. The summed E-state index contributed by atoms with van der Waals surface area (Å²) >= 11 is 0. The minimum atomic E-state index is -0.263. The molecule has 0 saturated heterocycles. The van der Waals surface area contributed by atoms with Crippen LogP contribution < -0.4 is 9.64 Å². The van der Waals surface area contributed by atoms with Gasteiger partial charge in [0.1, 0.15) is 11.4 Å². The lowest BCUT2D eigenvalue weighted by atomic mass is 9.95. The summed E-state index contributed by atoms with van der Waals surface area (Å²) in [5.74, 6) is 0.136. The van der Waals surface area contributed by atoms with E-state index < -0.39 is 0 Å². The molecule has 34 heavy (non-hydrogen) atoms. The van der Waals surface area contributed by atoms with Crippen molar-refractivity contribution in [2.75, 3.05) is 18.6 Å². The molecule has 0 aliphatic carbocycles. The average Bonchev–Trinajstić information content (AvgIpc) is 3.08. The first kappa shape index (κ1) is 22.0. The summed E-state index contributed by atoms with van der Waals surface area (Å²) in [4.78, 5) is 31.3. The van der Waals surface area contributed by atoms with Crippen molar-refractivity contribution >= 4 is 23.1 Å². The minimum absolute atomic E-state index is 0.162. The predicted molar refractivity (Wildman–Crippen MR) is 133 cm³/mol. The highest BCUT2D eigenvalue weighted by molar-refractivity contribution is 6.37. The van der Waals surface area contributed by atoms with Crippen molar-refractivity contribution in [3.63, 3.8) is 0 Å². The molecule has 0 unspecified atom stereocenters. The number of imide groups is 1. The third-order valence-corrected chi connectivity index (χ3v) is 6.70. The Morgan fingerprint density at radius 3 is 2.47 bits per heavy atom. The largest absolute Gasteiger partial charge is 0.496 e. The lowest BCUT2D eigenvalue weighted by Crippen LogP contribution is -2.36. The van der Waals surface area contributed by atoms with E-state index in [-0.39, 0.29) is 18.4 Å². The molecule has 5 nitrogen and oxygen atoms in total. The maximum absolute atomic E-state index is 14.0. The molecule has 0 radical (unpaired) electrons. The molecule has 0 N–H and O–H groups in total. The molecule has 0 aromatic heterocycles. The summed E-state index contributed by atoms with van der Waals surface area (Å²) in [6.45, 7) is 4.89. The maximum atomic E-state index is 14.0. The van der Waals surface area contributed by atoms with Crippen molar-refractivity contribution in [3.8, 4) is 5.75 Å². The number of hydrogen-bond acceptors (Lipinski definition) is 4. The van der Waals surface area contributed by atoms with Gasteiger partial charge in [0.05, 0.1) is 19.2 Å². The third-order valence-electron chi connectivity index (χ3n) is 6.70. The van der Waals surface area contributed by atoms with Gasteiger partial charge in [-0.15, -0.1) is 0 Å². The second kappa shape index (κ2) is 8.82. The molecule has 3 aromatic rings. The fraction of sp³-hybridized carbons (Fsp3) is 0.241. The molecule has 3 aromatic carbocycles. The molecule has 172 valence electrons. The summed E-state index contributed by atoms with van der Waals surface area (Å²) in [6, 6.07) is 21.7. The number of nitrogens with zero attached hydrogens (tertiary/aromatic N) is 2. The van der Waals surface area contributed by atoms with Crippen LogP contribution in [0, 0.1) is 13.8 Å². The van der Waals surface area contributed by atoms with Crippen LogP contribution in [0.3, 0.4) is 0 Å². The van der Waals surface area contributed by atoms with Crippen molar-refractivity contribution in [2.24, 2.45) is 0 Å². The quantitative estimate of drug-likeness (QED) is 0.509. The van der Waals surface area contributed by atoms with Gasteiger partial charge in [-0.3, -0.25) is 14.5 Å². The van der Waals surface area contributed by atoms with E-state index in [1.54, 1.807) is 7.11 Å². The first-order valence-electron chi connectivity index (χ1n) is 11.6. The SMILES string of the molecule is COc1ccccc1CN1C(=O)C(c2ccc(C)cc2C)=C(N2CCCc3ccccc32)C1=O. The van der Waals surface area contributed by atoms with E-state index in [0.29, 0.717) is 23.6 Å². The monoisotopic (exact) mass is 452 g/mol. The third kappa shape index (κ3) is 3.67. The Morgan fingerprint density at radius 2 is 1.68 bits per heavy atom. The van der Waals surface area contributed by atoms with Gasteiger partial charge in [0, 0.05) is 17.8 Å². The lowest BCUT2D eigenvalue weighted by molar-refractivity contribution is -0.137. The second-order valence-electron chi connectivity index (χ2n) is 8.93. The summed E-state index contributed by atoms with van der Waals surface area (Å²) in [5, 5.41) is 0. The first-order chi connectivity index (χ1) is 16.5. The molecule has 2 aliphatic heterocycles. The maximum Gasteiger partial charge on any atom is 0.278 e. The van der Waals surface area contributed by atoms with Gasteiger partial charge in [0.15, 0.2) is 0 Å². The van der Waals surface area contributed by atoms with Crippen LogP contribution >= 0.6 is 0 Å². The van der Waals surface area contributed by atoms with Crippen molar-refractivity contribution in [1.82, 2.24) is 4.90 Å². The molecule has 2 amide bonds. The van der Waals surface area contributed by atoms with E-state index in [1.165, 1.54) is 10.5 Å². The Labute approximate surface area is 200 Å². The highest BCUT2D eigenvalue weighted by atomic mass is 16.5. The normalized spacial score (nSPS) is 15.7. The number of aryl methyl sites for hydroxylation is 3. The van der Waals surface area contributed by atoms with Gasteiger partial charge >= 0.3 is 0 Å². The van der Waals surface area contributed by atoms with Crippen molar-refractivity contribution in [2.45, 2.75) is 33.2 Å². The molecule has 0 atom stereocenters. The van der Waals surface area contributed by atoms with Crippen LogP contribution in [0.5, 0.6) is 5.75 Å². The Kier molecular flexibility index (Phi) is 5.70. The van der Waals surface area contributed by atoms with E-state index in [4.69, 9.17) is 4.74 Å². The Bertz CT molecular complexity index is 1320. The number of methoxy groups -OCH3 is 1. The molecule has 0 spiro atoms. The van der Waals surface area contributed by atoms with Crippen LogP contribution in [0.2, 0.25) is 0 Å². The number of para-hydroxylation sites is 2. The lowest BCUT2D eigenvalue weighted by Gasteiger charge is -2.32. The number of hydrogen-bond donors (Lipinski definition) is 0. The number of amides is 2. The molecule has 5 rings (SSSR count). The molecule has 2 aliphatic rings. The predicted octanol–water partition coefficient (Wildman–Crippen LogP) is 5.04. The zero-order valence-electron chi connectivity index (χ0n) is 19.8. The van der Waals surface area contributed by atoms with Crippen LogP contribution in [-0.2, 0) is 22.6 Å². The van der Waals surface area contributed by atoms with Crippen molar-refractivity contribution in [3.05, 3.63) is 100 Å². The van der Waals surface area contributed by atoms with Crippen molar-refractivity contribution in [1.29, 1.82) is 0 Å². The fourth-order valence-electron chi connectivity index (χ4n) is 5.06. The highest BCUT2D eigenvalue weighted by Gasteiger charge is 2.43. The van der Waals surface area contributed by atoms with Crippen LogP contribution in [0.15, 0.2) is 72.4 Å². The van der Waals surface area contributed by atoms with Gasteiger partial charge in [-0.05, 0) is 55.5 Å². The molecule has 2 heterocycles. The topological polar surface area (TPSA) is 49.9 Å². The summed E-state index contributed by atoms with van der Waals surface area (Å²) in [7, 11) is 1.60. The Hall–Kier alpha value is -3.86. The number of anilines is 1. The smallest absolute Gasteiger partial charge is 0.278 e. The van der Waals surface area contributed by atoms with Crippen LogP contribution in [-0.4, -0.2) is 30.4 Å². The zero-order valence-corrected chi connectivity index (χ0v) is 19.8. The average molecular weight is 453 g/mol. The number of rotatable bonds is 5. The first-order valence-corrected chi connectivity index (χ1v) is 11.6.